The van der Waals surface area contributed by atoms with Crippen molar-refractivity contribution in [1.29, 1.82) is 0 Å². The number of carbonyl (C=O) groups excluding carboxylic acids is 1. The molecular formula is C14H23N5O2. The average molecular weight is 293 g/mol. The predicted octanol–water partition coefficient (Wildman–Crippen LogP) is 0.343. The van der Waals surface area contributed by atoms with Crippen molar-refractivity contribution >= 4 is 11.9 Å². The predicted molar refractivity (Wildman–Crippen MR) is 79.9 cm³/mol. The molecule has 116 valence electrons. The number of rotatable bonds is 4. The summed E-state index contributed by atoms with van der Waals surface area (Å²) in [4.78, 5) is 22.0. The van der Waals surface area contributed by atoms with E-state index in [1.165, 1.54) is 7.11 Å². The van der Waals surface area contributed by atoms with Crippen LogP contribution in [0, 0.1) is 5.92 Å². The second kappa shape index (κ2) is 7.66. The van der Waals surface area contributed by atoms with Gasteiger partial charge in [0.15, 0.2) is 5.96 Å². The van der Waals surface area contributed by atoms with Gasteiger partial charge in [-0.15, -0.1) is 0 Å². The number of methoxy groups -OCH3 is 1. The lowest BCUT2D eigenvalue weighted by Gasteiger charge is -2.33. The van der Waals surface area contributed by atoms with E-state index in [2.05, 4.69) is 20.2 Å². The van der Waals surface area contributed by atoms with Crippen LogP contribution in [-0.4, -0.2) is 60.2 Å². The first-order chi connectivity index (χ1) is 10.2. The molecule has 2 rings (SSSR count). The molecule has 1 fully saturated rings. The summed E-state index contributed by atoms with van der Waals surface area (Å²) >= 11 is 0. The number of guanidine groups is 1. The first-order valence-corrected chi connectivity index (χ1v) is 7.23. The van der Waals surface area contributed by atoms with Crippen molar-refractivity contribution in [2.75, 3.05) is 33.8 Å². The largest absolute Gasteiger partial charge is 0.469 e. The Morgan fingerprint density at radius 1 is 1.48 bits per heavy atom. The average Bonchev–Trinajstić information content (AvgIpc) is 3.04. The number of aliphatic imine (C=N–C) groups is 1. The number of aromatic nitrogens is 2. The molecule has 0 amide bonds. The Labute approximate surface area is 125 Å². The van der Waals surface area contributed by atoms with Gasteiger partial charge in [0.1, 0.15) is 0 Å². The summed E-state index contributed by atoms with van der Waals surface area (Å²) in [6.45, 7) is 3.28. The number of imidazole rings is 1. The fraction of sp³-hybridized carbons (Fsp3) is 0.643. The standard InChI is InChI=1S/C14H23N5O2/c1-15-14(17-6-10-18-9-5-16-11-18)19-7-3-12(4-8-19)13(20)21-2/h5,9,11-12H,3-4,6-8,10H2,1-2H3,(H,15,17). The van der Waals surface area contributed by atoms with Crippen molar-refractivity contribution in [3.63, 3.8) is 0 Å². The zero-order valence-corrected chi connectivity index (χ0v) is 12.7. The summed E-state index contributed by atoms with van der Waals surface area (Å²) in [5.74, 6) is 0.812. The van der Waals surface area contributed by atoms with Gasteiger partial charge in [0.2, 0.25) is 0 Å². The van der Waals surface area contributed by atoms with Crippen molar-refractivity contribution in [2.45, 2.75) is 19.4 Å². The molecule has 1 N–H and O–H groups in total. The number of esters is 1. The van der Waals surface area contributed by atoms with Gasteiger partial charge >= 0.3 is 5.97 Å². The molecule has 1 aliphatic rings. The summed E-state index contributed by atoms with van der Waals surface area (Å²) < 4.78 is 6.82. The van der Waals surface area contributed by atoms with Crippen LogP contribution in [-0.2, 0) is 16.1 Å². The summed E-state index contributed by atoms with van der Waals surface area (Å²) in [7, 11) is 3.23. The van der Waals surface area contributed by atoms with Gasteiger partial charge in [-0.2, -0.15) is 0 Å². The number of nitrogens with zero attached hydrogens (tertiary/aromatic N) is 4. The first kappa shape index (κ1) is 15.3. The van der Waals surface area contributed by atoms with Crippen LogP contribution in [0.2, 0.25) is 0 Å². The first-order valence-electron chi connectivity index (χ1n) is 7.23. The van der Waals surface area contributed by atoms with Crippen LogP contribution in [0.5, 0.6) is 0 Å². The van der Waals surface area contributed by atoms with Crippen LogP contribution in [0.25, 0.3) is 0 Å². The smallest absolute Gasteiger partial charge is 0.308 e. The van der Waals surface area contributed by atoms with Gasteiger partial charge in [0.25, 0.3) is 0 Å². The minimum absolute atomic E-state index is 0.0234. The zero-order chi connectivity index (χ0) is 15.1. The molecule has 0 atom stereocenters. The van der Waals surface area contributed by atoms with E-state index in [0.29, 0.717) is 0 Å². The van der Waals surface area contributed by atoms with Gasteiger partial charge in [-0.05, 0) is 12.8 Å². The van der Waals surface area contributed by atoms with Crippen LogP contribution in [0.4, 0.5) is 0 Å². The van der Waals surface area contributed by atoms with E-state index in [1.807, 2.05) is 10.8 Å². The summed E-state index contributed by atoms with van der Waals surface area (Å²) in [5, 5.41) is 3.35. The number of carbonyl (C=O) groups is 1. The highest BCUT2D eigenvalue weighted by molar-refractivity contribution is 5.80. The quantitative estimate of drug-likeness (QED) is 0.492. The van der Waals surface area contributed by atoms with Crippen LogP contribution < -0.4 is 5.32 Å². The fourth-order valence-corrected chi connectivity index (χ4v) is 2.54. The summed E-state index contributed by atoms with van der Waals surface area (Å²) in [5.41, 5.74) is 0. The highest BCUT2D eigenvalue weighted by Crippen LogP contribution is 2.18. The molecule has 0 bridgehead atoms. The molecule has 2 heterocycles. The monoisotopic (exact) mass is 293 g/mol. The second-order valence-corrected chi connectivity index (χ2v) is 5.06. The maximum Gasteiger partial charge on any atom is 0.308 e. The number of hydrogen-bond acceptors (Lipinski definition) is 4. The molecule has 21 heavy (non-hydrogen) atoms. The molecule has 0 unspecified atom stereocenters. The molecule has 1 saturated heterocycles. The topological polar surface area (TPSA) is 71.8 Å². The number of ether oxygens (including phenoxy) is 1. The SMILES string of the molecule is CN=C(NCCn1ccnc1)N1CCC(C(=O)OC)CC1. The van der Waals surface area contributed by atoms with Gasteiger partial charge in [0.05, 0.1) is 19.4 Å². The molecule has 0 aromatic carbocycles. The van der Waals surface area contributed by atoms with E-state index in [-0.39, 0.29) is 11.9 Å². The Hall–Kier alpha value is -2.05. The Morgan fingerprint density at radius 3 is 2.81 bits per heavy atom. The summed E-state index contributed by atoms with van der Waals surface area (Å²) in [6, 6.07) is 0. The highest BCUT2D eigenvalue weighted by atomic mass is 16.5. The zero-order valence-electron chi connectivity index (χ0n) is 12.7. The van der Waals surface area contributed by atoms with E-state index in [4.69, 9.17) is 4.74 Å². The van der Waals surface area contributed by atoms with E-state index < -0.39 is 0 Å². The molecule has 7 heteroatoms. The van der Waals surface area contributed by atoms with Gasteiger partial charge in [-0.3, -0.25) is 9.79 Å². The minimum atomic E-state index is -0.0993. The molecule has 1 aromatic heterocycles. The number of piperidine rings is 1. The molecular weight excluding hydrogens is 270 g/mol. The molecule has 0 aliphatic carbocycles. The van der Waals surface area contributed by atoms with Crippen LogP contribution in [0.1, 0.15) is 12.8 Å². The van der Waals surface area contributed by atoms with Gasteiger partial charge in [-0.25, -0.2) is 4.98 Å². The maximum atomic E-state index is 11.5. The maximum absolute atomic E-state index is 11.5. The van der Waals surface area contributed by atoms with Gasteiger partial charge in [-0.1, -0.05) is 0 Å². The van der Waals surface area contributed by atoms with Gasteiger partial charge < -0.3 is 19.5 Å². The number of likely N-dealkylation sites (tertiary alicyclic amines) is 1. The lowest BCUT2D eigenvalue weighted by molar-refractivity contribution is -0.146. The lowest BCUT2D eigenvalue weighted by Crippen LogP contribution is -2.47. The number of hydrogen-bond donors (Lipinski definition) is 1. The Bertz CT molecular complexity index is 464. The molecule has 1 aliphatic heterocycles. The van der Waals surface area contributed by atoms with Crippen molar-refractivity contribution in [2.24, 2.45) is 10.9 Å². The number of nitrogens with one attached hydrogen (secondary N) is 1. The second-order valence-electron chi connectivity index (χ2n) is 5.06. The third kappa shape index (κ3) is 4.21. The summed E-state index contributed by atoms with van der Waals surface area (Å²) in [6.07, 6.45) is 7.13. The Balaban J connectivity index is 1.76. The molecule has 0 radical (unpaired) electrons. The lowest BCUT2D eigenvalue weighted by atomic mass is 9.97. The molecule has 0 saturated carbocycles. The van der Waals surface area contributed by atoms with E-state index in [1.54, 1.807) is 19.6 Å². The Morgan fingerprint density at radius 2 is 2.24 bits per heavy atom. The van der Waals surface area contributed by atoms with Crippen molar-refractivity contribution < 1.29 is 9.53 Å². The van der Waals surface area contributed by atoms with Gasteiger partial charge in [0, 0.05) is 45.6 Å². The fourth-order valence-electron chi connectivity index (χ4n) is 2.54. The minimum Gasteiger partial charge on any atom is -0.469 e. The van der Waals surface area contributed by atoms with Crippen LogP contribution in [0.3, 0.4) is 0 Å². The highest BCUT2D eigenvalue weighted by Gasteiger charge is 2.26. The van der Waals surface area contributed by atoms with E-state index >= 15 is 0 Å². The Kier molecular flexibility index (Phi) is 5.59. The van der Waals surface area contributed by atoms with Crippen LogP contribution >= 0.6 is 0 Å². The third-order valence-electron chi connectivity index (χ3n) is 3.75. The normalized spacial score (nSPS) is 16.9. The molecule has 1 aromatic rings. The molecule has 7 nitrogen and oxygen atoms in total. The van der Waals surface area contributed by atoms with E-state index in [9.17, 15) is 4.79 Å². The third-order valence-corrected chi connectivity index (χ3v) is 3.75. The van der Waals surface area contributed by atoms with Crippen LogP contribution in [0.15, 0.2) is 23.7 Å². The van der Waals surface area contributed by atoms with Crippen molar-refractivity contribution in [3.8, 4) is 0 Å². The van der Waals surface area contributed by atoms with E-state index in [0.717, 1.165) is 45.0 Å². The van der Waals surface area contributed by atoms with Crippen molar-refractivity contribution in [1.82, 2.24) is 19.8 Å². The molecule has 0 spiro atoms. The van der Waals surface area contributed by atoms with Crippen molar-refractivity contribution in [3.05, 3.63) is 18.7 Å².